The average Bonchev–Trinajstić information content (AvgIpc) is 3.23. The molecule has 0 aliphatic carbocycles. The maximum atomic E-state index is 12.1. The highest BCUT2D eigenvalue weighted by Crippen LogP contribution is 2.39. The lowest BCUT2D eigenvalue weighted by molar-refractivity contribution is 0.00578. The zero-order chi connectivity index (χ0) is 35.8. The van der Waals surface area contributed by atoms with Crippen molar-refractivity contribution in [3.63, 3.8) is 0 Å². The summed E-state index contributed by atoms with van der Waals surface area (Å²) in [5.41, 5.74) is 1.72. The molecule has 2 aromatic heterocycles. The molecule has 1 saturated heterocycles. The third-order valence-electron chi connectivity index (χ3n) is 7.94. The topological polar surface area (TPSA) is 103 Å². The molecule has 2 amide bonds. The number of carbonyl (C=O) groups is 2. The molecule has 0 unspecified atom stereocenters. The fraction of sp³-hybridized carbons (Fsp3) is 0.556. The summed E-state index contributed by atoms with van der Waals surface area (Å²) in [5.74, 6) is 0. The minimum atomic E-state index is -0.465. The van der Waals surface area contributed by atoms with Gasteiger partial charge < -0.3 is 28.6 Å². The molecule has 48 heavy (non-hydrogen) atoms. The molecule has 5 rings (SSSR count). The maximum Gasteiger partial charge on any atom is 0.490 e. The number of pyridine rings is 2. The molecule has 0 N–H and O–H groups in total. The molecule has 12 heteroatoms. The second-order valence-electron chi connectivity index (χ2n) is 14.8. The van der Waals surface area contributed by atoms with Crippen molar-refractivity contribution in [3.05, 3.63) is 76.7 Å². The molecule has 0 atom stereocenters. The van der Waals surface area contributed by atoms with Crippen LogP contribution in [0.1, 0.15) is 87.8 Å². The molecule has 0 radical (unpaired) electrons. The Labute approximate surface area is 295 Å². The molecule has 1 fully saturated rings. The standard InChI is InChI=1S/C16H28BNO4.C15H20N2O2.C5H4BrN/c1-14(2,3)20-13(19)18-10-8-12(9-11-18)17-21-15(4,5)16(6,7)22-17;1-15(2,3)19-14(18)17-10-7-12(8-11-17)13-6-4-5-9-16-13;6-5-3-1-2-4-7-5/h8H,9-11H2,1-7H3;4-7,9H,8,10-11H2,1-3H3;1-4H. The molecule has 0 bridgehead atoms. The first-order valence-electron chi connectivity index (χ1n) is 16.4. The molecule has 0 aromatic carbocycles. The van der Waals surface area contributed by atoms with Crippen LogP contribution in [0.4, 0.5) is 9.59 Å². The quantitative estimate of drug-likeness (QED) is 0.226. The molecule has 0 saturated carbocycles. The summed E-state index contributed by atoms with van der Waals surface area (Å²) in [5, 5.41) is 0. The van der Waals surface area contributed by atoms with Gasteiger partial charge in [-0.1, -0.05) is 24.3 Å². The van der Waals surface area contributed by atoms with Crippen LogP contribution in [-0.2, 0) is 18.8 Å². The van der Waals surface area contributed by atoms with Gasteiger partial charge >= 0.3 is 19.3 Å². The Kier molecular flexibility index (Phi) is 13.4. The normalized spacial score (nSPS) is 18.7. The molecular weight excluding hydrogens is 675 g/mol. The van der Waals surface area contributed by atoms with Crippen LogP contribution in [0, 0.1) is 0 Å². The van der Waals surface area contributed by atoms with Crippen molar-refractivity contribution in [1.29, 1.82) is 0 Å². The number of nitrogens with zero attached hydrogens (tertiary/aromatic N) is 4. The summed E-state index contributed by atoms with van der Waals surface area (Å²) in [6.45, 7) is 21.9. The van der Waals surface area contributed by atoms with Gasteiger partial charge in [0.25, 0.3) is 0 Å². The van der Waals surface area contributed by atoms with E-state index in [0.29, 0.717) is 26.2 Å². The smallest absolute Gasteiger partial charge is 0.444 e. The first kappa shape index (κ1) is 39.2. The summed E-state index contributed by atoms with van der Waals surface area (Å²) < 4.78 is 23.8. The molecular formula is C36H52BBrN4O6. The lowest BCUT2D eigenvalue weighted by Gasteiger charge is -2.32. The first-order chi connectivity index (χ1) is 22.3. The van der Waals surface area contributed by atoms with Crippen LogP contribution in [0.2, 0.25) is 0 Å². The minimum Gasteiger partial charge on any atom is -0.444 e. The van der Waals surface area contributed by atoms with Gasteiger partial charge in [-0.05, 0) is 133 Å². The summed E-state index contributed by atoms with van der Waals surface area (Å²) >= 11 is 3.20. The first-order valence-corrected chi connectivity index (χ1v) is 17.2. The number of aromatic nitrogens is 2. The van der Waals surface area contributed by atoms with Gasteiger partial charge in [0.15, 0.2) is 0 Å². The third kappa shape index (κ3) is 12.3. The number of halogens is 1. The van der Waals surface area contributed by atoms with E-state index in [0.717, 1.165) is 28.6 Å². The van der Waals surface area contributed by atoms with Crippen molar-refractivity contribution in [3.8, 4) is 0 Å². The Morgan fingerprint density at radius 1 is 0.771 bits per heavy atom. The molecule has 0 spiro atoms. The van der Waals surface area contributed by atoms with Crippen LogP contribution in [0.5, 0.6) is 0 Å². The van der Waals surface area contributed by atoms with Gasteiger partial charge in [-0.25, -0.2) is 14.6 Å². The van der Waals surface area contributed by atoms with E-state index in [-0.39, 0.29) is 30.5 Å². The van der Waals surface area contributed by atoms with E-state index in [4.69, 9.17) is 18.8 Å². The molecule has 5 heterocycles. The average molecular weight is 728 g/mol. The van der Waals surface area contributed by atoms with Gasteiger partial charge in [-0.2, -0.15) is 0 Å². The summed E-state index contributed by atoms with van der Waals surface area (Å²) in [7, 11) is -0.314. The third-order valence-corrected chi connectivity index (χ3v) is 8.40. The molecule has 262 valence electrons. The van der Waals surface area contributed by atoms with Gasteiger partial charge in [0.2, 0.25) is 0 Å². The van der Waals surface area contributed by atoms with E-state index in [1.54, 1.807) is 22.2 Å². The van der Waals surface area contributed by atoms with Gasteiger partial charge in [0.05, 0.1) is 16.9 Å². The molecule has 3 aliphatic rings. The number of carbonyl (C=O) groups excluding carboxylic acids is 2. The lowest BCUT2D eigenvalue weighted by Crippen LogP contribution is -2.41. The highest BCUT2D eigenvalue weighted by atomic mass is 79.9. The SMILES string of the molecule is Brc1ccccn1.CC(C)(C)OC(=O)N1CC=C(B2OC(C)(C)C(C)(C)O2)CC1.CC(C)(C)OC(=O)N1CC=C(c2ccccn2)CC1. The second kappa shape index (κ2) is 16.5. The number of amides is 2. The van der Waals surface area contributed by atoms with Gasteiger partial charge in [0.1, 0.15) is 15.8 Å². The fourth-order valence-corrected chi connectivity index (χ4v) is 4.95. The predicted octanol–water partition coefficient (Wildman–Crippen LogP) is 8.13. The zero-order valence-corrected chi connectivity index (χ0v) is 31.8. The fourth-order valence-electron chi connectivity index (χ4n) is 4.67. The van der Waals surface area contributed by atoms with Crippen LogP contribution >= 0.6 is 15.9 Å². The van der Waals surface area contributed by atoms with Crippen LogP contribution in [0.15, 0.2) is 71.0 Å². The van der Waals surface area contributed by atoms with Crippen molar-refractivity contribution < 1.29 is 28.4 Å². The van der Waals surface area contributed by atoms with Crippen LogP contribution < -0.4 is 0 Å². The van der Waals surface area contributed by atoms with E-state index >= 15 is 0 Å². The van der Waals surface area contributed by atoms with Crippen LogP contribution in [0.25, 0.3) is 5.57 Å². The zero-order valence-electron chi connectivity index (χ0n) is 30.2. The monoisotopic (exact) mass is 726 g/mol. The van der Waals surface area contributed by atoms with Crippen LogP contribution in [-0.4, -0.2) is 87.7 Å². The van der Waals surface area contributed by atoms with E-state index in [2.05, 4.69) is 32.0 Å². The lowest BCUT2D eigenvalue weighted by atomic mass is 9.75. The number of ether oxygens (including phenoxy) is 2. The minimum absolute atomic E-state index is 0.246. The number of rotatable bonds is 2. The van der Waals surface area contributed by atoms with Crippen molar-refractivity contribution >= 4 is 40.8 Å². The van der Waals surface area contributed by atoms with E-state index in [1.807, 2.05) is 112 Å². The molecule has 10 nitrogen and oxygen atoms in total. The Balaban J connectivity index is 0.000000218. The summed E-state index contributed by atoms with van der Waals surface area (Å²) in [6.07, 6.45) is 8.65. The highest BCUT2D eigenvalue weighted by molar-refractivity contribution is 9.10. The van der Waals surface area contributed by atoms with Crippen molar-refractivity contribution in [2.45, 2.75) is 104 Å². The number of hydrogen-bond acceptors (Lipinski definition) is 8. The largest absolute Gasteiger partial charge is 0.490 e. The summed E-state index contributed by atoms with van der Waals surface area (Å²) in [4.78, 5) is 35.6. The van der Waals surface area contributed by atoms with Crippen LogP contribution in [0.3, 0.4) is 0 Å². The Hall–Kier alpha value is -3.22. The van der Waals surface area contributed by atoms with E-state index < -0.39 is 11.2 Å². The van der Waals surface area contributed by atoms with Crippen molar-refractivity contribution in [1.82, 2.24) is 19.8 Å². The summed E-state index contributed by atoms with van der Waals surface area (Å²) in [6, 6.07) is 11.6. The van der Waals surface area contributed by atoms with Crippen molar-refractivity contribution in [2.24, 2.45) is 0 Å². The predicted molar refractivity (Wildman–Crippen MR) is 193 cm³/mol. The van der Waals surface area contributed by atoms with E-state index in [1.165, 1.54) is 5.57 Å². The second-order valence-corrected chi connectivity index (χ2v) is 15.6. The van der Waals surface area contributed by atoms with E-state index in [9.17, 15) is 9.59 Å². The van der Waals surface area contributed by atoms with Gasteiger partial charge in [-0.3, -0.25) is 4.98 Å². The molecule has 2 aromatic rings. The number of hydrogen-bond donors (Lipinski definition) is 0. The Morgan fingerprint density at radius 2 is 1.27 bits per heavy atom. The molecule has 3 aliphatic heterocycles. The van der Waals surface area contributed by atoms with Crippen molar-refractivity contribution in [2.75, 3.05) is 26.2 Å². The maximum absolute atomic E-state index is 12.1. The van der Waals surface area contributed by atoms with Gasteiger partial charge in [-0.15, -0.1) is 0 Å². The van der Waals surface area contributed by atoms with Gasteiger partial charge in [0, 0.05) is 38.6 Å². The highest BCUT2D eigenvalue weighted by Gasteiger charge is 2.52. The Bertz CT molecular complexity index is 1410. The Morgan fingerprint density at radius 3 is 1.62 bits per heavy atom.